The molecule has 0 aliphatic heterocycles. The van der Waals surface area contributed by atoms with Crippen LogP contribution < -0.4 is 10.0 Å². The second-order valence-corrected chi connectivity index (χ2v) is 7.95. The van der Waals surface area contributed by atoms with E-state index in [-0.39, 0.29) is 29.8 Å². The molecule has 0 radical (unpaired) electrons. The Morgan fingerprint density at radius 1 is 1.30 bits per heavy atom. The van der Waals surface area contributed by atoms with E-state index >= 15 is 0 Å². The standard InChI is InChI=1S/C12H16Br2N2O3S/c1-8(2)16-12(17)5-6-15-20(18,19)11-7-9(13)3-4-10(11)14/h3-4,7-8,15H,5-6H2,1-2H3,(H,16,17). The SMILES string of the molecule is CC(C)NC(=O)CCNS(=O)(=O)c1cc(Br)ccc1Br. The maximum absolute atomic E-state index is 12.1. The maximum atomic E-state index is 12.1. The second-order valence-electron chi connectivity index (χ2n) is 4.44. The fraction of sp³-hybridized carbons (Fsp3) is 0.417. The number of carbonyl (C=O) groups excluding carboxylic acids is 1. The van der Waals surface area contributed by atoms with Crippen LogP contribution in [0.3, 0.4) is 0 Å². The summed E-state index contributed by atoms with van der Waals surface area (Å²) in [5, 5.41) is 2.70. The van der Waals surface area contributed by atoms with Gasteiger partial charge in [-0.1, -0.05) is 15.9 Å². The van der Waals surface area contributed by atoms with Gasteiger partial charge in [-0.25, -0.2) is 13.1 Å². The number of rotatable bonds is 6. The molecule has 1 aromatic carbocycles. The number of halogens is 2. The molecule has 20 heavy (non-hydrogen) atoms. The lowest BCUT2D eigenvalue weighted by atomic mass is 10.3. The van der Waals surface area contributed by atoms with Crippen LogP contribution in [-0.4, -0.2) is 26.9 Å². The average Bonchev–Trinajstić information content (AvgIpc) is 2.30. The first-order valence-electron chi connectivity index (χ1n) is 5.96. The smallest absolute Gasteiger partial charge is 0.241 e. The molecule has 0 aromatic heterocycles. The molecule has 0 atom stereocenters. The fourth-order valence-electron chi connectivity index (χ4n) is 1.45. The van der Waals surface area contributed by atoms with Gasteiger partial charge in [0.1, 0.15) is 0 Å². The third kappa shape index (κ3) is 5.51. The Labute approximate surface area is 135 Å². The Hall–Kier alpha value is -0.440. The van der Waals surface area contributed by atoms with Crippen LogP contribution in [0.25, 0.3) is 0 Å². The van der Waals surface area contributed by atoms with Gasteiger partial charge in [-0.05, 0) is 48.0 Å². The highest BCUT2D eigenvalue weighted by Gasteiger charge is 2.18. The predicted molar refractivity (Wildman–Crippen MR) is 84.9 cm³/mol. The van der Waals surface area contributed by atoms with E-state index in [4.69, 9.17) is 0 Å². The summed E-state index contributed by atoms with van der Waals surface area (Å²) in [6, 6.07) is 4.92. The van der Waals surface area contributed by atoms with Crippen LogP contribution >= 0.6 is 31.9 Å². The van der Waals surface area contributed by atoms with Gasteiger partial charge in [0.25, 0.3) is 0 Å². The molecule has 0 saturated heterocycles. The molecule has 0 aliphatic carbocycles. The molecule has 0 spiro atoms. The Bertz CT molecular complexity index is 588. The molecule has 0 bridgehead atoms. The minimum Gasteiger partial charge on any atom is -0.354 e. The minimum absolute atomic E-state index is 0.0401. The zero-order valence-electron chi connectivity index (χ0n) is 11.1. The normalized spacial score (nSPS) is 11.7. The van der Waals surface area contributed by atoms with Gasteiger partial charge in [0.15, 0.2) is 0 Å². The summed E-state index contributed by atoms with van der Waals surface area (Å²) in [6.07, 6.45) is 0.100. The van der Waals surface area contributed by atoms with E-state index in [1.54, 1.807) is 12.1 Å². The molecule has 0 saturated carbocycles. The van der Waals surface area contributed by atoms with Crippen molar-refractivity contribution in [3.05, 3.63) is 27.1 Å². The minimum atomic E-state index is -3.64. The number of carbonyl (C=O) groups is 1. The van der Waals surface area contributed by atoms with Crippen molar-refractivity contribution in [3.63, 3.8) is 0 Å². The lowest BCUT2D eigenvalue weighted by Gasteiger charge is -2.10. The number of sulfonamides is 1. The highest BCUT2D eigenvalue weighted by Crippen LogP contribution is 2.25. The van der Waals surface area contributed by atoms with Gasteiger partial charge >= 0.3 is 0 Å². The zero-order chi connectivity index (χ0) is 15.3. The van der Waals surface area contributed by atoms with Crippen molar-refractivity contribution in [2.75, 3.05) is 6.54 Å². The molecule has 0 unspecified atom stereocenters. The molecule has 5 nitrogen and oxygen atoms in total. The van der Waals surface area contributed by atoms with Crippen LogP contribution in [0.5, 0.6) is 0 Å². The van der Waals surface area contributed by atoms with Crippen molar-refractivity contribution in [2.45, 2.75) is 31.2 Å². The Balaban J connectivity index is 2.67. The third-order valence-electron chi connectivity index (χ3n) is 2.28. The van der Waals surface area contributed by atoms with E-state index in [0.29, 0.717) is 8.95 Å². The monoisotopic (exact) mass is 426 g/mol. The topological polar surface area (TPSA) is 75.3 Å². The van der Waals surface area contributed by atoms with Gasteiger partial charge in [0, 0.05) is 28.0 Å². The molecule has 1 aromatic rings. The summed E-state index contributed by atoms with van der Waals surface area (Å²) < 4.78 is 27.8. The van der Waals surface area contributed by atoms with Crippen molar-refractivity contribution >= 4 is 47.8 Å². The highest BCUT2D eigenvalue weighted by molar-refractivity contribution is 9.11. The van der Waals surface area contributed by atoms with E-state index < -0.39 is 10.0 Å². The quantitative estimate of drug-likeness (QED) is 0.731. The van der Waals surface area contributed by atoms with Crippen LogP contribution in [-0.2, 0) is 14.8 Å². The van der Waals surface area contributed by atoms with Crippen LogP contribution in [0.15, 0.2) is 32.0 Å². The molecule has 0 aliphatic rings. The van der Waals surface area contributed by atoms with E-state index in [1.807, 2.05) is 13.8 Å². The summed E-state index contributed by atoms with van der Waals surface area (Å²) >= 11 is 6.43. The molecule has 0 heterocycles. The van der Waals surface area contributed by atoms with Crippen LogP contribution in [0.4, 0.5) is 0 Å². The Kier molecular flexibility index (Phi) is 6.63. The van der Waals surface area contributed by atoms with E-state index in [1.165, 1.54) is 6.07 Å². The van der Waals surface area contributed by atoms with Crippen molar-refractivity contribution in [3.8, 4) is 0 Å². The van der Waals surface area contributed by atoms with Gasteiger partial charge in [0.2, 0.25) is 15.9 Å². The number of hydrogen-bond acceptors (Lipinski definition) is 3. The zero-order valence-corrected chi connectivity index (χ0v) is 15.1. The average molecular weight is 428 g/mol. The first-order chi connectivity index (χ1) is 9.22. The molecular formula is C12H16Br2N2O3S. The third-order valence-corrected chi connectivity index (χ3v) is 5.22. The van der Waals surface area contributed by atoms with Crippen molar-refractivity contribution in [1.82, 2.24) is 10.0 Å². The molecule has 2 N–H and O–H groups in total. The van der Waals surface area contributed by atoms with Gasteiger partial charge in [-0.15, -0.1) is 0 Å². The Morgan fingerprint density at radius 3 is 2.55 bits per heavy atom. The summed E-state index contributed by atoms with van der Waals surface area (Å²) in [4.78, 5) is 11.6. The van der Waals surface area contributed by atoms with Crippen molar-refractivity contribution < 1.29 is 13.2 Å². The highest BCUT2D eigenvalue weighted by atomic mass is 79.9. The predicted octanol–water partition coefficient (Wildman–Crippen LogP) is 2.40. The first kappa shape index (κ1) is 17.6. The number of hydrogen-bond donors (Lipinski definition) is 2. The maximum Gasteiger partial charge on any atom is 0.241 e. The molecule has 1 rings (SSSR count). The Morgan fingerprint density at radius 2 is 1.95 bits per heavy atom. The van der Waals surface area contributed by atoms with Gasteiger partial charge in [0.05, 0.1) is 4.90 Å². The fourth-order valence-corrected chi connectivity index (χ4v) is 3.99. The number of amides is 1. The molecule has 8 heteroatoms. The molecule has 1 amide bonds. The second kappa shape index (κ2) is 7.53. The van der Waals surface area contributed by atoms with Crippen molar-refractivity contribution in [2.24, 2.45) is 0 Å². The van der Waals surface area contributed by atoms with Crippen molar-refractivity contribution in [1.29, 1.82) is 0 Å². The summed E-state index contributed by atoms with van der Waals surface area (Å²) in [6.45, 7) is 3.75. The summed E-state index contributed by atoms with van der Waals surface area (Å²) in [7, 11) is -3.64. The lowest BCUT2D eigenvalue weighted by Crippen LogP contribution is -2.34. The molecular weight excluding hydrogens is 412 g/mol. The van der Waals surface area contributed by atoms with Gasteiger partial charge in [-0.2, -0.15) is 0 Å². The summed E-state index contributed by atoms with van der Waals surface area (Å²) in [5.41, 5.74) is 0. The van der Waals surface area contributed by atoms with Gasteiger partial charge in [-0.3, -0.25) is 4.79 Å². The first-order valence-corrected chi connectivity index (χ1v) is 9.03. The summed E-state index contributed by atoms with van der Waals surface area (Å²) in [5.74, 6) is -0.184. The van der Waals surface area contributed by atoms with E-state index in [2.05, 4.69) is 41.9 Å². The van der Waals surface area contributed by atoms with Gasteiger partial charge < -0.3 is 5.32 Å². The molecule has 112 valence electrons. The van der Waals surface area contributed by atoms with Crippen LogP contribution in [0.1, 0.15) is 20.3 Å². The van der Waals surface area contributed by atoms with E-state index in [0.717, 1.165) is 0 Å². The van der Waals surface area contributed by atoms with Crippen LogP contribution in [0, 0.1) is 0 Å². The van der Waals surface area contributed by atoms with E-state index in [9.17, 15) is 13.2 Å². The number of benzene rings is 1. The lowest BCUT2D eigenvalue weighted by molar-refractivity contribution is -0.121. The number of nitrogens with one attached hydrogen (secondary N) is 2. The molecule has 0 fully saturated rings. The van der Waals surface area contributed by atoms with Crippen LogP contribution in [0.2, 0.25) is 0 Å². The largest absolute Gasteiger partial charge is 0.354 e.